The highest BCUT2D eigenvalue weighted by Crippen LogP contribution is 2.64. The normalized spacial score (nSPS) is 45.4. The molecule has 1 aliphatic heterocycles. The molecule has 0 bridgehead atoms. The minimum atomic E-state index is 0.409. The molecule has 0 aromatic carbocycles. The van der Waals surface area contributed by atoms with Crippen molar-refractivity contribution in [1.82, 2.24) is 4.90 Å². The van der Waals surface area contributed by atoms with Crippen LogP contribution in [0.5, 0.6) is 0 Å². The van der Waals surface area contributed by atoms with Crippen molar-refractivity contribution < 1.29 is 4.79 Å². The van der Waals surface area contributed by atoms with E-state index in [0.717, 1.165) is 19.0 Å². The van der Waals surface area contributed by atoms with Gasteiger partial charge in [-0.3, -0.25) is 4.79 Å². The molecule has 1 saturated heterocycles. The van der Waals surface area contributed by atoms with Crippen molar-refractivity contribution in [3.8, 4) is 0 Å². The molecule has 0 spiro atoms. The summed E-state index contributed by atoms with van der Waals surface area (Å²) in [6.07, 6.45) is 6.29. The molecule has 0 aromatic rings. The molecule has 14 heavy (non-hydrogen) atoms. The molecular formula is C12H19NO. The smallest absolute Gasteiger partial charge is 0.226 e. The SMILES string of the molecule is CC12CCC1C(C(=O)N1CCCC1)C2. The van der Waals surface area contributed by atoms with E-state index in [1.54, 1.807) is 0 Å². The van der Waals surface area contributed by atoms with Crippen LogP contribution in [0.2, 0.25) is 0 Å². The lowest BCUT2D eigenvalue weighted by Gasteiger charge is -2.61. The van der Waals surface area contributed by atoms with Gasteiger partial charge in [0.1, 0.15) is 0 Å². The standard InChI is InChI=1S/C12H19NO/c1-12-5-4-10(12)9(8-12)11(14)13-6-2-3-7-13/h9-10H,2-8H2,1H3. The molecule has 2 aliphatic carbocycles. The highest BCUT2D eigenvalue weighted by Gasteiger charge is 2.59. The largest absolute Gasteiger partial charge is 0.342 e. The number of carbonyl (C=O) groups is 1. The van der Waals surface area contributed by atoms with Crippen molar-refractivity contribution in [1.29, 1.82) is 0 Å². The number of rotatable bonds is 1. The van der Waals surface area contributed by atoms with E-state index >= 15 is 0 Å². The third-order valence-electron chi connectivity index (χ3n) is 4.83. The zero-order valence-electron chi connectivity index (χ0n) is 8.96. The molecular weight excluding hydrogens is 174 g/mol. The van der Waals surface area contributed by atoms with E-state index in [1.165, 1.54) is 32.1 Å². The van der Waals surface area contributed by atoms with Crippen molar-refractivity contribution >= 4 is 5.91 Å². The van der Waals surface area contributed by atoms with E-state index in [4.69, 9.17) is 0 Å². The maximum Gasteiger partial charge on any atom is 0.226 e. The summed E-state index contributed by atoms with van der Waals surface area (Å²) in [7, 11) is 0. The Morgan fingerprint density at radius 2 is 2.07 bits per heavy atom. The lowest BCUT2D eigenvalue weighted by molar-refractivity contribution is -0.167. The summed E-state index contributed by atoms with van der Waals surface area (Å²) in [5.41, 5.74) is 0.569. The fourth-order valence-corrected chi connectivity index (χ4v) is 3.66. The third-order valence-corrected chi connectivity index (χ3v) is 4.83. The van der Waals surface area contributed by atoms with Crippen molar-refractivity contribution in [2.24, 2.45) is 17.3 Å². The average molecular weight is 193 g/mol. The van der Waals surface area contributed by atoms with Gasteiger partial charge in [0.2, 0.25) is 5.91 Å². The van der Waals surface area contributed by atoms with Crippen LogP contribution in [0.15, 0.2) is 0 Å². The molecule has 3 atom stereocenters. The molecule has 0 aromatic heterocycles. The molecule has 0 radical (unpaired) electrons. The van der Waals surface area contributed by atoms with Crippen molar-refractivity contribution in [2.45, 2.75) is 39.0 Å². The Bertz CT molecular complexity index is 269. The predicted octanol–water partition coefficient (Wildman–Crippen LogP) is 2.04. The molecule has 2 nitrogen and oxygen atoms in total. The predicted molar refractivity (Wildman–Crippen MR) is 54.8 cm³/mol. The Kier molecular flexibility index (Phi) is 1.71. The number of fused-ring (bicyclic) bond motifs is 1. The topological polar surface area (TPSA) is 20.3 Å². The van der Waals surface area contributed by atoms with Crippen LogP contribution in [-0.2, 0) is 4.79 Å². The fourth-order valence-electron chi connectivity index (χ4n) is 3.66. The molecule has 78 valence electrons. The minimum Gasteiger partial charge on any atom is -0.342 e. The molecule has 0 N–H and O–H groups in total. The van der Waals surface area contributed by atoms with E-state index in [9.17, 15) is 4.79 Å². The van der Waals surface area contributed by atoms with Crippen molar-refractivity contribution in [3.63, 3.8) is 0 Å². The maximum absolute atomic E-state index is 12.1. The van der Waals surface area contributed by atoms with Crippen molar-refractivity contribution in [2.75, 3.05) is 13.1 Å². The monoisotopic (exact) mass is 193 g/mol. The highest BCUT2D eigenvalue weighted by molar-refractivity contribution is 5.81. The van der Waals surface area contributed by atoms with Gasteiger partial charge in [-0.2, -0.15) is 0 Å². The summed E-state index contributed by atoms with van der Waals surface area (Å²) in [4.78, 5) is 14.2. The Hall–Kier alpha value is -0.530. The molecule has 1 amide bonds. The number of hydrogen-bond acceptors (Lipinski definition) is 1. The van der Waals surface area contributed by atoms with Crippen LogP contribution >= 0.6 is 0 Å². The molecule has 3 aliphatic rings. The summed E-state index contributed by atoms with van der Waals surface area (Å²) < 4.78 is 0. The van der Waals surface area contributed by atoms with Gasteiger partial charge < -0.3 is 4.90 Å². The molecule has 2 heteroatoms. The highest BCUT2D eigenvalue weighted by atomic mass is 16.2. The minimum absolute atomic E-state index is 0.409. The Labute approximate surface area is 85.7 Å². The van der Waals surface area contributed by atoms with Gasteiger partial charge in [-0.15, -0.1) is 0 Å². The van der Waals surface area contributed by atoms with Gasteiger partial charge in [0.25, 0.3) is 0 Å². The molecule has 3 unspecified atom stereocenters. The first-order valence-corrected chi connectivity index (χ1v) is 5.99. The van der Waals surface area contributed by atoms with Crippen molar-refractivity contribution in [3.05, 3.63) is 0 Å². The van der Waals surface area contributed by atoms with E-state index in [1.807, 2.05) is 0 Å². The number of amides is 1. The van der Waals surface area contributed by atoms with Crippen LogP contribution in [0.4, 0.5) is 0 Å². The zero-order chi connectivity index (χ0) is 9.76. The van der Waals surface area contributed by atoms with Crippen LogP contribution in [0.3, 0.4) is 0 Å². The van der Waals surface area contributed by atoms with E-state index in [-0.39, 0.29) is 0 Å². The summed E-state index contributed by atoms with van der Waals surface area (Å²) in [5, 5.41) is 0. The Morgan fingerprint density at radius 3 is 2.50 bits per heavy atom. The molecule has 3 fully saturated rings. The molecule has 2 saturated carbocycles. The average Bonchev–Trinajstić information content (AvgIpc) is 2.67. The van der Waals surface area contributed by atoms with Crippen LogP contribution in [0.25, 0.3) is 0 Å². The van der Waals surface area contributed by atoms with E-state index in [0.29, 0.717) is 17.2 Å². The summed E-state index contributed by atoms with van der Waals surface area (Å²) in [6.45, 7) is 4.41. The van der Waals surface area contributed by atoms with Crippen LogP contribution < -0.4 is 0 Å². The van der Waals surface area contributed by atoms with Gasteiger partial charge in [0.15, 0.2) is 0 Å². The first-order chi connectivity index (χ1) is 6.71. The second-order valence-electron chi connectivity index (χ2n) is 5.64. The Balaban J connectivity index is 1.64. The molecule has 3 rings (SSSR count). The zero-order valence-corrected chi connectivity index (χ0v) is 8.96. The fraction of sp³-hybridized carbons (Fsp3) is 0.917. The van der Waals surface area contributed by atoms with Gasteiger partial charge in [0, 0.05) is 19.0 Å². The molecule has 1 heterocycles. The maximum atomic E-state index is 12.1. The van der Waals surface area contributed by atoms with Gasteiger partial charge in [-0.1, -0.05) is 6.92 Å². The van der Waals surface area contributed by atoms with E-state index < -0.39 is 0 Å². The Morgan fingerprint density at radius 1 is 1.36 bits per heavy atom. The van der Waals surface area contributed by atoms with E-state index in [2.05, 4.69) is 11.8 Å². The second-order valence-corrected chi connectivity index (χ2v) is 5.64. The first kappa shape index (κ1) is 8.75. The number of nitrogens with zero attached hydrogens (tertiary/aromatic N) is 1. The number of carbonyl (C=O) groups excluding carboxylic acids is 1. The van der Waals surface area contributed by atoms with Gasteiger partial charge in [0.05, 0.1) is 0 Å². The summed E-state index contributed by atoms with van der Waals surface area (Å²) >= 11 is 0. The van der Waals surface area contributed by atoms with Crippen LogP contribution in [-0.4, -0.2) is 23.9 Å². The van der Waals surface area contributed by atoms with Crippen LogP contribution in [0, 0.1) is 17.3 Å². The lowest BCUT2D eigenvalue weighted by Crippen LogP contribution is -2.58. The van der Waals surface area contributed by atoms with Gasteiger partial charge in [-0.25, -0.2) is 0 Å². The third kappa shape index (κ3) is 0.999. The van der Waals surface area contributed by atoms with Crippen LogP contribution in [0.1, 0.15) is 39.0 Å². The summed E-state index contributed by atoms with van der Waals surface area (Å²) in [5.74, 6) is 1.63. The lowest BCUT2D eigenvalue weighted by atomic mass is 9.43. The second kappa shape index (κ2) is 2.74. The number of hydrogen-bond donors (Lipinski definition) is 0. The summed E-state index contributed by atoms with van der Waals surface area (Å²) in [6, 6.07) is 0. The first-order valence-electron chi connectivity index (χ1n) is 5.99. The quantitative estimate of drug-likeness (QED) is 0.624. The van der Waals surface area contributed by atoms with Gasteiger partial charge >= 0.3 is 0 Å². The van der Waals surface area contributed by atoms with Gasteiger partial charge in [-0.05, 0) is 43.4 Å². The number of likely N-dealkylation sites (tertiary alicyclic amines) is 1.